The van der Waals surface area contributed by atoms with Gasteiger partial charge in [-0.05, 0) is 12.0 Å². The van der Waals surface area contributed by atoms with Gasteiger partial charge in [-0.25, -0.2) is 4.79 Å². The maximum absolute atomic E-state index is 11.1. The summed E-state index contributed by atoms with van der Waals surface area (Å²) in [5.41, 5.74) is 0.944. The molecule has 0 aliphatic carbocycles. The molecule has 0 fully saturated rings. The summed E-state index contributed by atoms with van der Waals surface area (Å²) in [6.07, 6.45) is 1.35. The molecular formula is C12H16N2O2. The quantitative estimate of drug-likeness (QED) is 0.562. The topological polar surface area (TPSA) is 51.0 Å². The van der Waals surface area contributed by atoms with E-state index in [9.17, 15) is 4.79 Å². The van der Waals surface area contributed by atoms with E-state index in [-0.39, 0.29) is 6.61 Å². The second kappa shape index (κ2) is 7.56. The molecule has 1 aromatic carbocycles. The number of hydrogen-bond donors (Lipinski definition) is 0. The van der Waals surface area contributed by atoms with E-state index < -0.39 is 6.09 Å². The van der Waals surface area contributed by atoms with Gasteiger partial charge in [0.05, 0.1) is 6.54 Å². The lowest BCUT2D eigenvalue weighted by molar-refractivity contribution is 0.148. The SMILES string of the molecule is CCCCN=NC(=O)OCc1ccccc1. The Labute approximate surface area is 95.3 Å². The third-order valence-corrected chi connectivity index (χ3v) is 1.97. The Bertz CT molecular complexity index is 336. The van der Waals surface area contributed by atoms with Crippen LogP contribution in [0.15, 0.2) is 40.6 Å². The minimum atomic E-state index is -0.625. The maximum Gasteiger partial charge on any atom is 0.452 e. The fourth-order valence-electron chi connectivity index (χ4n) is 1.08. The first-order valence-electron chi connectivity index (χ1n) is 5.41. The first-order chi connectivity index (χ1) is 7.83. The number of unbranched alkanes of at least 4 members (excludes halogenated alkanes) is 1. The van der Waals surface area contributed by atoms with Crippen molar-refractivity contribution in [3.8, 4) is 0 Å². The van der Waals surface area contributed by atoms with Crippen molar-refractivity contribution in [1.82, 2.24) is 0 Å². The lowest BCUT2D eigenvalue weighted by atomic mass is 10.2. The van der Waals surface area contributed by atoms with Gasteiger partial charge in [0, 0.05) is 0 Å². The van der Waals surface area contributed by atoms with E-state index in [1.54, 1.807) is 0 Å². The lowest BCUT2D eigenvalue weighted by Gasteiger charge is -1.99. The highest BCUT2D eigenvalue weighted by Crippen LogP contribution is 2.01. The lowest BCUT2D eigenvalue weighted by Crippen LogP contribution is -1.98. The molecule has 0 atom stereocenters. The molecule has 0 saturated carbocycles. The fraction of sp³-hybridized carbons (Fsp3) is 0.417. The zero-order valence-corrected chi connectivity index (χ0v) is 9.43. The summed E-state index contributed by atoms with van der Waals surface area (Å²) in [6.45, 7) is 2.88. The average molecular weight is 220 g/mol. The molecule has 4 nitrogen and oxygen atoms in total. The molecule has 1 amide bonds. The monoisotopic (exact) mass is 220 g/mol. The Morgan fingerprint density at radius 1 is 1.31 bits per heavy atom. The van der Waals surface area contributed by atoms with Gasteiger partial charge in [-0.1, -0.05) is 48.8 Å². The number of nitrogens with zero attached hydrogens (tertiary/aromatic N) is 2. The average Bonchev–Trinajstić information content (AvgIpc) is 2.33. The van der Waals surface area contributed by atoms with Crippen molar-refractivity contribution in [1.29, 1.82) is 0 Å². The van der Waals surface area contributed by atoms with Crippen LogP contribution in [-0.4, -0.2) is 12.6 Å². The normalized spacial score (nSPS) is 10.6. The Hall–Kier alpha value is -1.71. The Morgan fingerprint density at radius 3 is 2.75 bits per heavy atom. The van der Waals surface area contributed by atoms with Gasteiger partial charge < -0.3 is 4.74 Å². The van der Waals surface area contributed by atoms with Gasteiger partial charge in [-0.2, -0.15) is 5.11 Å². The first-order valence-corrected chi connectivity index (χ1v) is 5.41. The van der Waals surface area contributed by atoms with Gasteiger partial charge in [-0.3, -0.25) is 0 Å². The van der Waals surface area contributed by atoms with Crippen molar-refractivity contribution in [2.24, 2.45) is 10.2 Å². The van der Waals surface area contributed by atoms with E-state index in [1.165, 1.54) is 0 Å². The third-order valence-electron chi connectivity index (χ3n) is 1.97. The number of carbonyl (C=O) groups is 1. The van der Waals surface area contributed by atoms with Crippen LogP contribution in [0.25, 0.3) is 0 Å². The van der Waals surface area contributed by atoms with E-state index in [1.807, 2.05) is 30.3 Å². The second-order valence-electron chi connectivity index (χ2n) is 3.36. The molecule has 0 unspecified atom stereocenters. The van der Waals surface area contributed by atoms with Crippen molar-refractivity contribution >= 4 is 6.09 Å². The van der Waals surface area contributed by atoms with Crippen molar-refractivity contribution in [3.63, 3.8) is 0 Å². The summed E-state index contributed by atoms with van der Waals surface area (Å²) in [4.78, 5) is 11.1. The summed E-state index contributed by atoms with van der Waals surface area (Å²) in [6, 6.07) is 9.48. The molecular weight excluding hydrogens is 204 g/mol. The maximum atomic E-state index is 11.1. The van der Waals surface area contributed by atoms with Gasteiger partial charge in [0.1, 0.15) is 6.61 Å². The number of ether oxygens (including phenoxy) is 1. The molecule has 0 spiro atoms. The molecule has 4 heteroatoms. The fourth-order valence-corrected chi connectivity index (χ4v) is 1.08. The van der Waals surface area contributed by atoms with Crippen LogP contribution >= 0.6 is 0 Å². The summed E-state index contributed by atoms with van der Waals surface area (Å²) in [5.74, 6) is 0. The van der Waals surface area contributed by atoms with Crippen LogP contribution in [0.4, 0.5) is 4.79 Å². The minimum Gasteiger partial charge on any atom is -0.442 e. The number of benzene rings is 1. The number of azo groups is 1. The summed E-state index contributed by atoms with van der Waals surface area (Å²) < 4.78 is 4.91. The molecule has 0 aliphatic rings. The molecule has 86 valence electrons. The van der Waals surface area contributed by atoms with Crippen molar-refractivity contribution < 1.29 is 9.53 Å². The Morgan fingerprint density at radius 2 is 2.06 bits per heavy atom. The smallest absolute Gasteiger partial charge is 0.442 e. The zero-order chi connectivity index (χ0) is 11.6. The van der Waals surface area contributed by atoms with Crippen LogP contribution in [0.2, 0.25) is 0 Å². The van der Waals surface area contributed by atoms with Crippen molar-refractivity contribution in [3.05, 3.63) is 35.9 Å². The van der Waals surface area contributed by atoms with Crippen molar-refractivity contribution in [2.75, 3.05) is 6.54 Å². The van der Waals surface area contributed by atoms with Crippen LogP contribution in [0.3, 0.4) is 0 Å². The minimum absolute atomic E-state index is 0.243. The Balaban J connectivity index is 2.23. The van der Waals surface area contributed by atoms with E-state index in [0.29, 0.717) is 6.54 Å². The third kappa shape index (κ3) is 5.24. The molecule has 0 saturated heterocycles. The molecule has 0 radical (unpaired) electrons. The van der Waals surface area contributed by atoms with E-state index >= 15 is 0 Å². The van der Waals surface area contributed by atoms with Gasteiger partial charge in [0.15, 0.2) is 0 Å². The van der Waals surface area contributed by atoms with Gasteiger partial charge in [0.25, 0.3) is 0 Å². The zero-order valence-electron chi connectivity index (χ0n) is 9.43. The largest absolute Gasteiger partial charge is 0.452 e. The molecule has 0 bridgehead atoms. The molecule has 1 aromatic rings. The standard InChI is InChI=1S/C12H16N2O2/c1-2-3-9-13-14-12(15)16-10-11-7-5-4-6-8-11/h4-8H,2-3,9-10H2,1H3. The Kier molecular flexibility index (Phi) is 5.84. The van der Waals surface area contributed by atoms with Crippen molar-refractivity contribution in [2.45, 2.75) is 26.4 Å². The molecule has 0 aliphatic heterocycles. The van der Waals surface area contributed by atoms with E-state index in [0.717, 1.165) is 18.4 Å². The highest BCUT2D eigenvalue weighted by atomic mass is 16.5. The summed E-state index contributed by atoms with van der Waals surface area (Å²) >= 11 is 0. The highest BCUT2D eigenvalue weighted by molar-refractivity contribution is 5.67. The summed E-state index contributed by atoms with van der Waals surface area (Å²) in [7, 11) is 0. The summed E-state index contributed by atoms with van der Waals surface area (Å²) in [5, 5.41) is 7.16. The number of amides is 1. The number of rotatable bonds is 5. The van der Waals surface area contributed by atoms with Crippen LogP contribution in [-0.2, 0) is 11.3 Å². The van der Waals surface area contributed by atoms with Gasteiger partial charge in [0.2, 0.25) is 0 Å². The van der Waals surface area contributed by atoms with Crippen LogP contribution in [0.5, 0.6) is 0 Å². The predicted octanol–water partition coefficient (Wildman–Crippen LogP) is 3.58. The molecule has 16 heavy (non-hydrogen) atoms. The van der Waals surface area contributed by atoms with Crippen LogP contribution in [0.1, 0.15) is 25.3 Å². The molecule has 1 rings (SSSR count). The first kappa shape index (κ1) is 12.4. The molecule has 0 aromatic heterocycles. The van der Waals surface area contributed by atoms with Crippen LogP contribution < -0.4 is 0 Å². The molecule has 0 N–H and O–H groups in total. The van der Waals surface area contributed by atoms with Gasteiger partial charge >= 0.3 is 6.09 Å². The number of carbonyl (C=O) groups excluding carboxylic acids is 1. The van der Waals surface area contributed by atoms with Crippen LogP contribution in [0, 0.1) is 0 Å². The van der Waals surface area contributed by atoms with Gasteiger partial charge in [-0.15, -0.1) is 0 Å². The van der Waals surface area contributed by atoms with E-state index in [4.69, 9.17) is 4.74 Å². The second-order valence-corrected chi connectivity index (χ2v) is 3.36. The predicted molar refractivity (Wildman–Crippen MR) is 61.3 cm³/mol. The van der Waals surface area contributed by atoms with E-state index in [2.05, 4.69) is 17.2 Å². The molecule has 0 heterocycles. The number of hydrogen-bond acceptors (Lipinski definition) is 3. The highest BCUT2D eigenvalue weighted by Gasteiger charge is 1.99.